The van der Waals surface area contributed by atoms with E-state index in [1.807, 2.05) is 0 Å². The number of pyridine rings is 1. The molecule has 0 aliphatic heterocycles. The van der Waals surface area contributed by atoms with E-state index < -0.39 is 23.7 Å². The van der Waals surface area contributed by atoms with Gasteiger partial charge < -0.3 is 10.4 Å². The minimum Gasteiger partial charge on any atom is -0.480 e. The average molecular weight is 261 g/mol. The van der Waals surface area contributed by atoms with Crippen molar-refractivity contribution in [1.82, 2.24) is 10.3 Å². The topological polar surface area (TPSA) is 79.3 Å². The second kappa shape index (κ2) is 5.58. The summed E-state index contributed by atoms with van der Waals surface area (Å²) in [6, 6.07) is -0.138. The number of nitrogens with zero attached hydrogens (tertiary/aromatic N) is 1. The van der Waals surface area contributed by atoms with Crippen molar-refractivity contribution in [2.24, 2.45) is 0 Å². The highest BCUT2D eigenvalue weighted by atomic mass is 35.5. The predicted molar refractivity (Wildman–Crippen MR) is 58.4 cm³/mol. The first-order valence-electron chi connectivity index (χ1n) is 4.80. The first-order valence-corrected chi connectivity index (χ1v) is 5.18. The Hall–Kier alpha value is -1.69. The molecule has 1 atom stereocenters. The molecule has 1 aromatic heterocycles. The Labute approximate surface area is 102 Å². The van der Waals surface area contributed by atoms with E-state index in [1.54, 1.807) is 6.92 Å². The van der Waals surface area contributed by atoms with Crippen LogP contribution in [0.2, 0.25) is 5.15 Å². The Bertz CT molecular complexity index is 453. The van der Waals surface area contributed by atoms with Gasteiger partial charge in [0.1, 0.15) is 17.0 Å². The van der Waals surface area contributed by atoms with Crippen molar-refractivity contribution >= 4 is 23.5 Å². The van der Waals surface area contributed by atoms with E-state index in [-0.39, 0.29) is 17.1 Å². The molecule has 0 spiro atoms. The Morgan fingerprint density at radius 3 is 2.82 bits per heavy atom. The molecule has 0 fully saturated rings. The number of hydrogen-bond acceptors (Lipinski definition) is 3. The Morgan fingerprint density at radius 1 is 1.65 bits per heavy atom. The SMILES string of the molecule is CC[C@H](NC(=O)c1cc(F)cnc1Cl)C(=O)O. The summed E-state index contributed by atoms with van der Waals surface area (Å²) in [5, 5.41) is 10.8. The summed E-state index contributed by atoms with van der Waals surface area (Å²) < 4.78 is 12.9. The molecule has 92 valence electrons. The van der Waals surface area contributed by atoms with Crippen LogP contribution in [0.1, 0.15) is 23.7 Å². The van der Waals surface area contributed by atoms with Crippen LogP contribution in [0.25, 0.3) is 0 Å². The second-order valence-electron chi connectivity index (χ2n) is 3.26. The van der Waals surface area contributed by atoms with Gasteiger partial charge in [-0.2, -0.15) is 0 Å². The summed E-state index contributed by atoms with van der Waals surface area (Å²) in [5.41, 5.74) is -0.189. The molecule has 7 heteroatoms. The van der Waals surface area contributed by atoms with Crippen molar-refractivity contribution in [1.29, 1.82) is 0 Å². The van der Waals surface area contributed by atoms with Gasteiger partial charge in [-0.15, -0.1) is 0 Å². The highest BCUT2D eigenvalue weighted by Crippen LogP contribution is 2.13. The summed E-state index contributed by atoms with van der Waals surface area (Å²) in [6.45, 7) is 1.60. The third-order valence-corrected chi connectivity index (χ3v) is 2.36. The number of rotatable bonds is 4. The second-order valence-corrected chi connectivity index (χ2v) is 3.62. The maximum Gasteiger partial charge on any atom is 0.326 e. The molecule has 0 unspecified atom stereocenters. The summed E-state index contributed by atoms with van der Waals surface area (Å²) in [4.78, 5) is 25.8. The molecule has 0 saturated carbocycles. The molecule has 2 N–H and O–H groups in total. The smallest absolute Gasteiger partial charge is 0.326 e. The number of carbonyl (C=O) groups is 2. The van der Waals surface area contributed by atoms with E-state index in [2.05, 4.69) is 10.3 Å². The number of hydrogen-bond donors (Lipinski definition) is 2. The van der Waals surface area contributed by atoms with Crippen LogP contribution in [-0.2, 0) is 4.79 Å². The minimum absolute atomic E-state index is 0.177. The minimum atomic E-state index is -1.17. The molecule has 1 aromatic rings. The predicted octanol–water partition coefficient (Wildman–Crippen LogP) is 1.47. The molecular weight excluding hydrogens is 251 g/mol. The molecule has 0 bridgehead atoms. The number of nitrogens with one attached hydrogen (secondary N) is 1. The lowest BCUT2D eigenvalue weighted by Gasteiger charge is -2.12. The van der Waals surface area contributed by atoms with Crippen molar-refractivity contribution in [3.8, 4) is 0 Å². The van der Waals surface area contributed by atoms with Crippen LogP contribution in [0, 0.1) is 5.82 Å². The van der Waals surface area contributed by atoms with E-state index >= 15 is 0 Å². The molecule has 0 saturated heterocycles. The van der Waals surface area contributed by atoms with Gasteiger partial charge in [0.2, 0.25) is 0 Å². The molecule has 1 amide bonds. The number of aliphatic carboxylic acids is 1. The highest BCUT2D eigenvalue weighted by Gasteiger charge is 2.20. The lowest BCUT2D eigenvalue weighted by atomic mass is 10.2. The Morgan fingerprint density at radius 2 is 2.29 bits per heavy atom. The van der Waals surface area contributed by atoms with Crippen LogP contribution in [-0.4, -0.2) is 28.0 Å². The maximum absolute atomic E-state index is 12.9. The molecular formula is C10H10ClFN2O3. The van der Waals surface area contributed by atoms with Crippen molar-refractivity contribution < 1.29 is 19.1 Å². The summed E-state index contributed by atoms with van der Waals surface area (Å²) in [7, 11) is 0. The van der Waals surface area contributed by atoms with Gasteiger partial charge in [-0.3, -0.25) is 4.79 Å². The lowest BCUT2D eigenvalue weighted by molar-refractivity contribution is -0.139. The van der Waals surface area contributed by atoms with Crippen LogP contribution < -0.4 is 5.32 Å². The van der Waals surface area contributed by atoms with Crippen LogP contribution in [0.5, 0.6) is 0 Å². The van der Waals surface area contributed by atoms with Crippen LogP contribution in [0.15, 0.2) is 12.3 Å². The zero-order valence-corrected chi connectivity index (χ0v) is 9.66. The number of carboxylic acid groups (broad SMARTS) is 1. The lowest BCUT2D eigenvalue weighted by Crippen LogP contribution is -2.40. The van der Waals surface area contributed by atoms with Gasteiger partial charge in [-0.05, 0) is 12.5 Å². The van der Waals surface area contributed by atoms with Crippen molar-refractivity contribution in [3.05, 3.63) is 28.8 Å². The van der Waals surface area contributed by atoms with Gasteiger partial charge >= 0.3 is 5.97 Å². The average Bonchev–Trinajstić information content (AvgIpc) is 2.28. The third-order valence-electron chi connectivity index (χ3n) is 2.06. The first kappa shape index (κ1) is 13.4. The summed E-state index contributed by atoms with van der Waals surface area (Å²) in [6.07, 6.45) is 1.08. The number of aromatic nitrogens is 1. The third kappa shape index (κ3) is 3.39. The van der Waals surface area contributed by atoms with Gasteiger partial charge in [-0.1, -0.05) is 18.5 Å². The fraction of sp³-hybridized carbons (Fsp3) is 0.300. The van der Waals surface area contributed by atoms with E-state index in [9.17, 15) is 14.0 Å². The molecule has 1 heterocycles. The van der Waals surface area contributed by atoms with Crippen LogP contribution >= 0.6 is 11.6 Å². The zero-order valence-electron chi connectivity index (χ0n) is 8.91. The van der Waals surface area contributed by atoms with Crippen LogP contribution in [0.3, 0.4) is 0 Å². The van der Waals surface area contributed by atoms with E-state index in [0.717, 1.165) is 12.3 Å². The molecule has 0 radical (unpaired) electrons. The van der Waals surface area contributed by atoms with E-state index in [1.165, 1.54) is 0 Å². The number of carbonyl (C=O) groups excluding carboxylic acids is 1. The quantitative estimate of drug-likeness (QED) is 0.804. The van der Waals surface area contributed by atoms with Gasteiger partial charge in [0.05, 0.1) is 11.8 Å². The molecule has 1 rings (SSSR count). The maximum atomic E-state index is 12.9. The van der Waals surface area contributed by atoms with Crippen molar-refractivity contribution in [2.45, 2.75) is 19.4 Å². The molecule has 17 heavy (non-hydrogen) atoms. The van der Waals surface area contributed by atoms with Gasteiger partial charge in [-0.25, -0.2) is 14.2 Å². The standard InChI is InChI=1S/C10H10ClFN2O3/c1-2-7(10(16)17)14-9(15)6-3-5(12)4-13-8(6)11/h3-4,7H,2H2,1H3,(H,14,15)(H,16,17)/t7-/m0/s1. The summed E-state index contributed by atoms with van der Waals surface area (Å²) >= 11 is 5.61. The van der Waals surface area contributed by atoms with E-state index in [0.29, 0.717) is 0 Å². The largest absolute Gasteiger partial charge is 0.480 e. The van der Waals surface area contributed by atoms with Crippen molar-refractivity contribution in [3.63, 3.8) is 0 Å². The fourth-order valence-electron chi connectivity index (χ4n) is 1.16. The summed E-state index contributed by atoms with van der Waals surface area (Å²) in [5.74, 6) is -2.65. The zero-order chi connectivity index (χ0) is 13.0. The normalized spacial score (nSPS) is 11.9. The number of amides is 1. The molecule has 0 aliphatic carbocycles. The van der Waals surface area contributed by atoms with Crippen molar-refractivity contribution in [2.75, 3.05) is 0 Å². The van der Waals surface area contributed by atoms with E-state index in [4.69, 9.17) is 16.7 Å². The molecule has 5 nitrogen and oxygen atoms in total. The molecule has 0 aliphatic rings. The van der Waals surface area contributed by atoms with Gasteiger partial charge in [0.25, 0.3) is 5.91 Å². The molecule has 0 aromatic carbocycles. The first-order chi connectivity index (χ1) is 7.95. The Balaban J connectivity index is 2.89. The highest BCUT2D eigenvalue weighted by molar-refractivity contribution is 6.32. The van der Waals surface area contributed by atoms with Gasteiger partial charge in [0.15, 0.2) is 0 Å². The van der Waals surface area contributed by atoms with Crippen LogP contribution in [0.4, 0.5) is 4.39 Å². The number of halogens is 2. The number of carboxylic acids is 1. The Kier molecular flexibility index (Phi) is 4.39. The monoisotopic (exact) mass is 260 g/mol. The van der Waals surface area contributed by atoms with Gasteiger partial charge in [0, 0.05) is 0 Å². The fourth-order valence-corrected chi connectivity index (χ4v) is 1.35.